The Morgan fingerprint density at radius 2 is 2.12 bits per heavy atom. The molecule has 1 aromatic carbocycles. The summed E-state index contributed by atoms with van der Waals surface area (Å²) in [5, 5.41) is 13.1. The van der Waals surface area contributed by atoms with E-state index in [1.165, 1.54) is 24.0 Å². The molecule has 1 aromatic rings. The number of aliphatic hydroxyl groups is 1. The zero-order valence-corrected chi connectivity index (χ0v) is 10.3. The van der Waals surface area contributed by atoms with E-state index < -0.39 is 0 Å². The molecule has 1 aliphatic carbocycles. The maximum absolute atomic E-state index is 9.62. The molecule has 0 bridgehead atoms. The lowest BCUT2D eigenvalue weighted by Gasteiger charge is -2.27. The maximum atomic E-state index is 9.62. The molecule has 92 valence electrons. The molecule has 2 nitrogen and oxygen atoms in total. The van der Waals surface area contributed by atoms with Crippen molar-refractivity contribution in [3.63, 3.8) is 0 Å². The van der Waals surface area contributed by atoms with Crippen molar-refractivity contribution in [2.24, 2.45) is 0 Å². The Hall–Kier alpha value is -0.860. The number of hydrogen-bond donors (Lipinski definition) is 2. The molecule has 1 heterocycles. The zero-order chi connectivity index (χ0) is 11.7. The third-order valence-electron chi connectivity index (χ3n) is 4.43. The smallest absolute Gasteiger partial charge is 0.0528 e. The van der Waals surface area contributed by atoms with Crippen molar-refractivity contribution in [2.75, 3.05) is 19.7 Å². The Kier molecular flexibility index (Phi) is 2.93. The van der Waals surface area contributed by atoms with Gasteiger partial charge in [-0.05, 0) is 49.3 Å². The van der Waals surface area contributed by atoms with E-state index in [0.717, 1.165) is 25.9 Å². The first-order chi connectivity index (χ1) is 8.36. The molecule has 1 aliphatic heterocycles. The maximum Gasteiger partial charge on any atom is 0.0528 e. The summed E-state index contributed by atoms with van der Waals surface area (Å²) >= 11 is 0. The van der Waals surface area contributed by atoms with E-state index in [2.05, 4.69) is 29.6 Å². The fraction of sp³-hybridized carbons (Fsp3) is 0.600. The van der Waals surface area contributed by atoms with Gasteiger partial charge in [-0.15, -0.1) is 0 Å². The van der Waals surface area contributed by atoms with Gasteiger partial charge in [0.1, 0.15) is 0 Å². The summed E-state index contributed by atoms with van der Waals surface area (Å²) in [4.78, 5) is 0. The van der Waals surface area contributed by atoms with Gasteiger partial charge in [-0.1, -0.05) is 24.3 Å². The molecule has 1 atom stereocenters. The van der Waals surface area contributed by atoms with Crippen molar-refractivity contribution in [1.29, 1.82) is 0 Å². The standard InChI is InChI=1S/C15H21NO/c17-11-15(7-8-15)14-6-2-1-5-13(14)12-4-3-9-16-10-12/h1-2,5-6,12,16-17H,3-4,7-11H2. The average molecular weight is 231 g/mol. The van der Waals surface area contributed by atoms with Crippen molar-refractivity contribution in [3.05, 3.63) is 35.4 Å². The van der Waals surface area contributed by atoms with E-state index in [1.54, 1.807) is 0 Å². The Morgan fingerprint density at radius 1 is 1.29 bits per heavy atom. The number of piperidine rings is 1. The first kappa shape index (κ1) is 11.2. The topological polar surface area (TPSA) is 32.3 Å². The molecule has 1 saturated carbocycles. The van der Waals surface area contributed by atoms with Gasteiger partial charge < -0.3 is 10.4 Å². The largest absolute Gasteiger partial charge is 0.395 e. The van der Waals surface area contributed by atoms with E-state index >= 15 is 0 Å². The van der Waals surface area contributed by atoms with Crippen LogP contribution < -0.4 is 5.32 Å². The van der Waals surface area contributed by atoms with Crippen LogP contribution in [0.4, 0.5) is 0 Å². The predicted molar refractivity (Wildman–Crippen MR) is 69.3 cm³/mol. The second-order valence-corrected chi connectivity index (χ2v) is 5.57. The van der Waals surface area contributed by atoms with Crippen molar-refractivity contribution in [1.82, 2.24) is 5.32 Å². The summed E-state index contributed by atoms with van der Waals surface area (Å²) in [6, 6.07) is 8.75. The number of hydrogen-bond acceptors (Lipinski definition) is 2. The average Bonchev–Trinajstić information content (AvgIpc) is 3.21. The van der Waals surface area contributed by atoms with Gasteiger partial charge in [0, 0.05) is 12.0 Å². The summed E-state index contributed by atoms with van der Waals surface area (Å²) in [6.07, 6.45) is 4.86. The molecule has 17 heavy (non-hydrogen) atoms. The lowest BCUT2D eigenvalue weighted by Crippen LogP contribution is -2.30. The third-order valence-corrected chi connectivity index (χ3v) is 4.43. The van der Waals surface area contributed by atoms with Crippen LogP contribution in [-0.2, 0) is 5.41 Å². The molecular formula is C15H21NO. The van der Waals surface area contributed by atoms with Crippen molar-refractivity contribution in [3.8, 4) is 0 Å². The zero-order valence-electron chi connectivity index (χ0n) is 10.3. The monoisotopic (exact) mass is 231 g/mol. The second kappa shape index (κ2) is 4.43. The predicted octanol–water partition coefficient (Wildman–Crippen LogP) is 2.18. The van der Waals surface area contributed by atoms with E-state index in [9.17, 15) is 5.11 Å². The number of aliphatic hydroxyl groups excluding tert-OH is 1. The van der Waals surface area contributed by atoms with Crippen LogP contribution >= 0.6 is 0 Å². The lowest BCUT2D eigenvalue weighted by molar-refractivity contribution is 0.253. The van der Waals surface area contributed by atoms with E-state index in [-0.39, 0.29) is 5.41 Å². The van der Waals surface area contributed by atoms with Crippen LogP contribution in [0, 0.1) is 0 Å². The number of rotatable bonds is 3. The van der Waals surface area contributed by atoms with Gasteiger partial charge in [0.15, 0.2) is 0 Å². The summed E-state index contributed by atoms with van der Waals surface area (Å²) in [5.41, 5.74) is 3.00. The van der Waals surface area contributed by atoms with Gasteiger partial charge in [-0.3, -0.25) is 0 Å². The van der Waals surface area contributed by atoms with Crippen LogP contribution in [0.25, 0.3) is 0 Å². The molecular weight excluding hydrogens is 210 g/mol. The van der Waals surface area contributed by atoms with Gasteiger partial charge in [0.05, 0.1) is 6.61 Å². The summed E-state index contributed by atoms with van der Waals surface area (Å²) in [7, 11) is 0. The minimum atomic E-state index is 0.105. The number of nitrogens with one attached hydrogen (secondary N) is 1. The highest BCUT2D eigenvalue weighted by molar-refractivity contribution is 5.41. The highest BCUT2D eigenvalue weighted by atomic mass is 16.3. The van der Waals surface area contributed by atoms with Gasteiger partial charge in [0.25, 0.3) is 0 Å². The van der Waals surface area contributed by atoms with Crippen molar-refractivity contribution in [2.45, 2.75) is 37.0 Å². The van der Waals surface area contributed by atoms with Crippen LogP contribution in [0.15, 0.2) is 24.3 Å². The van der Waals surface area contributed by atoms with E-state index in [1.807, 2.05) is 0 Å². The van der Waals surface area contributed by atoms with Crippen LogP contribution in [-0.4, -0.2) is 24.8 Å². The SMILES string of the molecule is OCC1(c2ccccc2C2CCCNC2)CC1. The Bertz CT molecular complexity index is 392. The molecule has 2 N–H and O–H groups in total. The minimum absolute atomic E-state index is 0.105. The number of benzene rings is 1. The minimum Gasteiger partial charge on any atom is -0.395 e. The van der Waals surface area contributed by atoms with Crippen molar-refractivity contribution < 1.29 is 5.11 Å². The lowest BCUT2D eigenvalue weighted by atomic mass is 9.83. The molecule has 0 aromatic heterocycles. The van der Waals surface area contributed by atoms with Gasteiger partial charge in [-0.2, -0.15) is 0 Å². The highest BCUT2D eigenvalue weighted by Crippen LogP contribution is 2.50. The van der Waals surface area contributed by atoms with Gasteiger partial charge in [0.2, 0.25) is 0 Å². The molecule has 0 radical (unpaired) electrons. The first-order valence-electron chi connectivity index (χ1n) is 6.77. The Labute approximate surface area is 103 Å². The molecule has 1 saturated heterocycles. The second-order valence-electron chi connectivity index (χ2n) is 5.57. The molecule has 3 rings (SSSR count). The van der Waals surface area contributed by atoms with Crippen molar-refractivity contribution >= 4 is 0 Å². The summed E-state index contributed by atoms with van der Waals surface area (Å²) < 4.78 is 0. The molecule has 0 spiro atoms. The van der Waals surface area contributed by atoms with Gasteiger partial charge in [-0.25, -0.2) is 0 Å². The molecule has 2 fully saturated rings. The van der Waals surface area contributed by atoms with E-state index in [0.29, 0.717) is 12.5 Å². The fourth-order valence-electron chi connectivity index (χ4n) is 3.12. The van der Waals surface area contributed by atoms with Crippen LogP contribution in [0.5, 0.6) is 0 Å². The third kappa shape index (κ3) is 2.00. The Morgan fingerprint density at radius 3 is 2.76 bits per heavy atom. The van der Waals surface area contributed by atoms with Crippen LogP contribution in [0.3, 0.4) is 0 Å². The van der Waals surface area contributed by atoms with E-state index in [4.69, 9.17) is 0 Å². The first-order valence-corrected chi connectivity index (χ1v) is 6.77. The molecule has 0 amide bonds. The van der Waals surface area contributed by atoms with Crippen LogP contribution in [0.2, 0.25) is 0 Å². The summed E-state index contributed by atoms with van der Waals surface area (Å²) in [6.45, 7) is 2.56. The fourth-order valence-corrected chi connectivity index (χ4v) is 3.12. The molecule has 2 aliphatic rings. The summed E-state index contributed by atoms with van der Waals surface area (Å²) in [5.74, 6) is 0.643. The molecule has 2 heteroatoms. The molecule has 1 unspecified atom stereocenters. The van der Waals surface area contributed by atoms with Gasteiger partial charge >= 0.3 is 0 Å². The Balaban J connectivity index is 1.93. The van der Waals surface area contributed by atoms with Crippen LogP contribution in [0.1, 0.15) is 42.7 Å². The normalized spacial score (nSPS) is 26.8. The highest BCUT2D eigenvalue weighted by Gasteiger charge is 2.45. The quantitative estimate of drug-likeness (QED) is 0.835.